The molecule has 0 atom stereocenters. The second-order valence-corrected chi connectivity index (χ2v) is 4.77. The van der Waals surface area contributed by atoms with E-state index in [-0.39, 0.29) is 0 Å². The molecular formula is C12H17N3O3. The zero-order chi connectivity index (χ0) is 13.2. The Morgan fingerprint density at radius 1 is 1.44 bits per heavy atom. The third-order valence-corrected chi connectivity index (χ3v) is 3.52. The molecule has 0 aromatic carbocycles. The molecule has 18 heavy (non-hydrogen) atoms. The summed E-state index contributed by atoms with van der Waals surface area (Å²) in [5, 5.41) is 9.17. The lowest BCUT2D eigenvalue weighted by Crippen LogP contribution is -2.43. The number of piperidine rings is 1. The maximum Gasteiger partial charge on any atom is 0.309 e. The van der Waals surface area contributed by atoms with Gasteiger partial charge in [0.05, 0.1) is 24.9 Å². The van der Waals surface area contributed by atoms with Crippen molar-refractivity contribution < 1.29 is 14.6 Å². The molecule has 1 aromatic heterocycles. The van der Waals surface area contributed by atoms with E-state index in [2.05, 4.69) is 9.97 Å². The van der Waals surface area contributed by atoms with Gasteiger partial charge >= 0.3 is 5.97 Å². The van der Waals surface area contributed by atoms with Gasteiger partial charge in [0.2, 0.25) is 5.88 Å². The van der Waals surface area contributed by atoms with E-state index < -0.39 is 11.4 Å². The van der Waals surface area contributed by atoms with Gasteiger partial charge in [-0.3, -0.25) is 9.78 Å². The first kappa shape index (κ1) is 12.6. The topological polar surface area (TPSA) is 75.5 Å². The predicted molar refractivity (Wildman–Crippen MR) is 65.8 cm³/mol. The predicted octanol–water partition coefficient (Wildman–Crippen LogP) is 1.18. The number of nitrogens with zero attached hydrogens (tertiary/aromatic N) is 3. The van der Waals surface area contributed by atoms with Crippen molar-refractivity contribution in [1.82, 2.24) is 9.97 Å². The van der Waals surface area contributed by atoms with Gasteiger partial charge in [-0.25, -0.2) is 0 Å². The first-order valence-corrected chi connectivity index (χ1v) is 5.89. The number of rotatable bonds is 3. The summed E-state index contributed by atoms with van der Waals surface area (Å²) in [6, 6.07) is 0. The van der Waals surface area contributed by atoms with Gasteiger partial charge < -0.3 is 14.7 Å². The first-order chi connectivity index (χ1) is 8.55. The molecule has 6 nitrogen and oxygen atoms in total. The average molecular weight is 251 g/mol. The zero-order valence-electron chi connectivity index (χ0n) is 10.6. The molecule has 1 N–H and O–H groups in total. The Labute approximate surface area is 106 Å². The van der Waals surface area contributed by atoms with Crippen LogP contribution in [0.3, 0.4) is 0 Å². The molecule has 1 saturated heterocycles. The van der Waals surface area contributed by atoms with Gasteiger partial charge in [-0.2, -0.15) is 4.98 Å². The van der Waals surface area contributed by atoms with Gasteiger partial charge in [0.15, 0.2) is 5.82 Å². The largest absolute Gasteiger partial charge is 0.481 e. The minimum atomic E-state index is -0.723. The summed E-state index contributed by atoms with van der Waals surface area (Å²) in [5.41, 5.74) is -0.622. The average Bonchev–Trinajstić information content (AvgIpc) is 2.39. The van der Waals surface area contributed by atoms with Crippen LogP contribution in [-0.2, 0) is 4.79 Å². The summed E-state index contributed by atoms with van der Waals surface area (Å²) in [7, 11) is 1.55. The molecule has 1 aromatic rings. The smallest absolute Gasteiger partial charge is 0.309 e. The molecule has 98 valence electrons. The molecule has 0 bridgehead atoms. The Bertz CT molecular complexity index is 442. The summed E-state index contributed by atoms with van der Waals surface area (Å²) in [6.07, 6.45) is 4.45. The molecule has 0 amide bonds. The Balaban J connectivity index is 2.07. The van der Waals surface area contributed by atoms with E-state index in [0.29, 0.717) is 31.8 Å². The molecule has 0 radical (unpaired) electrons. The van der Waals surface area contributed by atoms with Gasteiger partial charge in [0, 0.05) is 13.1 Å². The van der Waals surface area contributed by atoms with Crippen molar-refractivity contribution in [2.24, 2.45) is 5.41 Å². The molecule has 1 fully saturated rings. The highest BCUT2D eigenvalue weighted by molar-refractivity contribution is 5.74. The van der Waals surface area contributed by atoms with E-state index in [1.54, 1.807) is 26.4 Å². The van der Waals surface area contributed by atoms with Crippen LogP contribution >= 0.6 is 0 Å². The van der Waals surface area contributed by atoms with Crippen LogP contribution in [0.25, 0.3) is 0 Å². The highest BCUT2D eigenvalue weighted by atomic mass is 16.5. The fraction of sp³-hybridized carbons (Fsp3) is 0.583. The monoisotopic (exact) mass is 251 g/mol. The number of aromatic nitrogens is 2. The number of ether oxygens (including phenoxy) is 1. The van der Waals surface area contributed by atoms with Crippen molar-refractivity contribution in [3.63, 3.8) is 0 Å². The second kappa shape index (κ2) is 4.80. The molecule has 0 aliphatic carbocycles. The van der Waals surface area contributed by atoms with Gasteiger partial charge in [0.25, 0.3) is 0 Å². The summed E-state index contributed by atoms with van der Waals surface area (Å²) in [4.78, 5) is 21.6. The van der Waals surface area contributed by atoms with Gasteiger partial charge in [-0.15, -0.1) is 0 Å². The third-order valence-electron chi connectivity index (χ3n) is 3.52. The van der Waals surface area contributed by atoms with E-state index in [1.807, 2.05) is 4.90 Å². The van der Waals surface area contributed by atoms with E-state index in [9.17, 15) is 9.90 Å². The number of aliphatic carboxylic acids is 1. The number of methoxy groups -OCH3 is 1. The van der Waals surface area contributed by atoms with Crippen molar-refractivity contribution in [3.8, 4) is 5.88 Å². The Morgan fingerprint density at radius 2 is 2.11 bits per heavy atom. The summed E-state index contributed by atoms with van der Waals surface area (Å²) in [5.74, 6) is 0.486. The lowest BCUT2D eigenvalue weighted by atomic mass is 9.80. The number of anilines is 1. The maximum atomic E-state index is 11.2. The van der Waals surface area contributed by atoms with Crippen molar-refractivity contribution in [2.75, 3.05) is 25.1 Å². The van der Waals surface area contributed by atoms with E-state index in [1.165, 1.54) is 0 Å². The van der Waals surface area contributed by atoms with Crippen LogP contribution in [0.5, 0.6) is 5.88 Å². The lowest BCUT2D eigenvalue weighted by Gasteiger charge is -2.36. The Kier molecular flexibility index (Phi) is 3.36. The standard InChI is InChI=1S/C12H17N3O3/c1-12(11(16)17)3-5-15(6-4-12)9-7-13-8-10(14-9)18-2/h7-8H,3-6H2,1-2H3,(H,16,17). The van der Waals surface area contributed by atoms with Crippen molar-refractivity contribution in [1.29, 1.82) is 0 Å². The lowest BCUT2D eigenvalue weighted by molar-refractivity contribution is -0.149. The van der Waals surface area contributed by atoms with Crippen LogP contribution in [0.4, 0.5) is 5.82 Å². The van der Waals surface area contributed by atoms with Gasteiger partial charge in [-0.05, 0) is 19.8 Å². The van der Waals surface area contributed by atoms with Crippen molar-refractivity contribution in [3.05, 3.63) is 12.4 Å². The van der Waals surface area contributed by atoms with Gasteiger partial charge in [0.1, 0.15) is 0 Å². The van der Waals surface area contributed by atoms with Crippen molar-refractivity contribution in [2.45, 2.75) is 19.8 Å². The normalized spacial score (nSPS) is 18.4. The molecule has 1 aliphatic heterocycles. The molecule has 0 unspecified atom stereocenters. The van der Waals surface area contributed by atoms with Gasteiger partial charge in [-0.1, -0.05) is 0 Å². The number of carbonyl (C=O) groups is 1. The highest BCUT2D eigenvalue weighted by Crippen LogP contribution is 2.32. The molecular weight excluding hydrogens is 234 g/mol. The fourth-order valence-corrected chi connectivity index (χ4v) is 2.03. The fourth-order valence-electron chi connectivity index (χ4n) is 2.03. The van der Waals surface area contributed by atoms with E-state index in [4.69, 9.17) is 4.74 Å². The quantitative estimate of drug-likeness (QED) is 0.869. The third kappa shape index (κ3) is 2.37. The molecule has 6 heteroatoms. The van der Waals surface area contributed by atoms with Crippen LogP contribution in [0, 0.1) is 5.41 Å². The molecule has 1 aliphatic rings. The zero-order valence-corrected chi connectivity index (χ0v) is 10.6. The summed E-state index contributed by atoms with van der Waals surface area (Å²) < 4.78 is 5.03. The minimum Gasteiger partial charge on any atom is -0.481 e. The number of carboxylic acid groups (broad SMARTS) is 1. The molecule has 0 spiro atoms. The van der Waals surface area contributed by atoms with Crippen LogP contribution < -0.4 is 9.64 Å². The molecule has 2 rings (SSSR count). The van der Waals surface area contributed by atoms with Crippen LogP contribution in [0.1, 0.15) is 19.8 Å². The summed E-state index contributed by atoms with van der Waals surface area (Å²) in [6.45, 7) is 3.14. The number of carboxylic acids is 1. The minimum absolute atomic E-state index is 0.471. The van der Waals surface area contributed by atoms with Crippen molar-refractivity contribution >= 4 is 11.8 Å². The first-order valence-electron chi connectivity index (χ1n) is 5.89. The van der Waals surface area contributed by atoms with Crippen LogP contribution in [-0.4, -0.2) is 41.2 Å². The molecule has 2 heterocycles. The van der Waals surface area contributed by atoms with E-state index >= 15 is 0 Å². The Hall–Kier alpha value is -1.85. The maximum absolute atomic E-state index is 11.2. The summed E-state index contributed by atoms with van der Waals surface area (Å²) >= 11 is 0. The highest BCUT2D eigenvalue weighted by Gasteiger charge is 2.37. The number of hydrogen-bond donors (Lipinski definition) is 1. The molecule has 0 saturated carbocycles. The Morgan fingerprint density at radius 3 is 2.67 bits per heavy atom. The van der Waals surface area contributed by atoms with Crippen LogP contribution in [0.2, 0.25) is 0 Å². The second-order valence-electron chi connectivity index (χ2n) is 4.77. The SMILES string of the molecule is COc1cncc(N2CCC(C)(C(=O)O)CC2)n1. The number of hydrogen-bond acceptors (Lipinski definition) is 5. The van der Waals surface area contributed by atoms with Crippen LogP contribution in [0.15, 0.2) is 12.4 Å². The van der Waals surface area contributed by atoms with E-state index in [0.717, 1.165) is 5.82 Å².